The van der Waals surface area contributed by atoms with Crippen LogP contribution in [0, 0.1) is 20.2 Å². The predicted octanol–water partition coefficient (Wildman–Crippen LogP) is 1.57. The minimum absolute atomic E-state index is 0.0470. The third kappa shape index (κ3) is 3.35. The molecule has 8 heteroatoms. The van der Waals surface area contributed by atoms with Crippen molar-refractivity contribution in [2.24, 2.45) is 0 Å². The van der Waals surface area contributed by atoms with Crippen molar-refractivity contribution in [2.45, 2.75) is 6.42 Å². The number of halogens is 1. The van der Waals surface area contributed by atoms with Crippen molar-refractivity contribution in [3.63, 3.8) is 0 Å². The first-order valence-electron chi connectivity index (χ1n) is 4.31. The molecule has 0 aliphatic rings. The van der Waals surface area contributed by atoms with Gasteiger partial charge >= 0.3 is 0 Å². The Morgan fingerprint density at radius 2 is 1.62 bits per heavy atom. The Balaban J connectivity index is 2.59. The summed E-state index contributed by atoms with van der Waals surface area (Å²) >= 11 is 5.65. The SMILES string of the molecule is O=[N+]([O-])N(CCc1ccc(Cl)cc1)[N+](=O)[O-]. The van der Waals surface area contributed by atoms with E-state index in [1.54, 1.807) is 24.3 Å². The Morgan fingerprint density at radius 1 is 1.12 bits per heavy atom. The summed E-state index contributed by atoms with van der Waals surface area (Å²) in [5.41, 5.74) is 0.748. The van der Waals surface area contributed by atoms with E-state index in [1.165, 1.54) is 0 Å². The molecule has 0 saturated heterocycles. The van der Waals surface area contributed by atoms with E-state index in [1.807, 2.05) is 0 Å². The van der Waals surface area contributed by atoms with E-state index in [-0.39, 0.29) is 18.1 Å². The van der Waals surface area contributed by atoms with Crippen LogP contribution in [0.15, 0.2) is 24.3 Å². The molecule has 0 atom stereocenters. The monoisotopic (exact) mass is 245 g/mol. The smallest absolute Gasteiger partial charge is 0.222 e. The van der Waals surface area contributed by atoms with Crippen LogP contribution in [0.1, 0.15) is 5.56 Å². The number of hydrogen-bond donors (Lipinski definition) is 0. The quantitative estimate of drug-likeness (QED) is 0.580. The fourth-order valence-electron chi connectivity index (χ4n) is 1.10. The van der Waals surface area contributed by atoms with E-state index in [9.17, 15) is 20.2 Å². The van der Waals surface area contributed by atoms with Crippen molar-refractivity contribution in [1.82, 2.24) is 5.12 Å². The number of nitrogens with zero attached hydrogens (tertiary/aromatic N) is 3. The lowest BCUT2D eigenvalue weighted by Crippen LogP contribution is -2.37. The largest absolute Gasteiger partial charge is 0.230 e. The van der Waals surface area contributed by atoms with Gasteiger partial charge in [0.25, 0.3) is 0 Å². The number of nitro groups is 2. The molecule has 1 aromatic rings. The molecule has 0 amide bonds. The molecule has 0 saturated carbocycles. The molecule has 16 heavy (non-hydrogen) atoms. The minimum atomic E-state index is -1.05. The second-order valence-corrected chi connectivity index (χ2v) is 3.38. The summed E-state index contributed by atoms with van der Waals surface area (Å²) in [5.74, 6) is 0. The molecule has 0 unspecified atom stereocenters. The zero-order valence-corrected chi connectivity index (χ0v) is 8.83. The second kappa shape index (κ2) is 5.26. The highest BCUT2D eigenvalue weighted by atomic mass is 35.5. The molecule has 0 radical (unpaired) electrons. The van der Waals surface area contributed by atoms with Crippen LogP contribution in [0.3, 0.4) is 0 Å². The third-order valence-electron chi connectivity index (χ3n) is 1.89. The molecule has 0 aromatic heterocycles. The highest BCUT2D eigenvalue weighted by Gasteiger charge is 2.25. The van der Waals surface area contributed by atoms with Gasteiger partial charge in [0.15, 0.2) is 11.7 Å². The van der Waals surface area contributed by atoms with E-state index in [2.05, 4.69) is 0 Å². The standard InChI is InChI=1S/C8H8ClN3O4/c9-8-3-1-7(2-4-8)5-6-10(11(13)14)12(15)16/h1-4H,5-6H2. The fourth-order valence-corrected chi connectivity index (χ4v) is 1.23. The number of hydrogen-bond acceptors (Lipinski definition) is 4. The average molecular weight is 246 g/mol. The van der Waals surface area contributed by atoms with Crippen molar-refractivity contribution in [3.8, 4) is 0 Å². The van der Waals surface area contributed by atoms with Gasteiger partial charge in [0.2, 0.25) is 10.1 Å². The maximum atomic E-state index is 10.3. The van der Waals surface area contributed by atoms with Crippen molar-refractivity contribution in [2.75, 3.05) is 6.54 Å². The summed E-state index contributed by atoms with van der Waals surface area (Å²) in [5, 5.41) is 19.0. The van der Waals surface area contributed by atoms with Crippen LogP contribution < -0.4 is 0 Å². The van der Waals surface area contributed by atoms with Gasteiger partial charge in [-0.25, -0.2) is 20.2 Å². The molecule has 1 rings (SSSR count). The molecular weight excluding hydrogens is 238 g/mol. The van der Waals surface area contributed by atoms with E-state index < -0.39 is 10.1 Å². The summed E-state index contributed by atoms with van der Waals surface area (Å²) in [6.45, 7) is -0.290. The van der Waals surface area contributed by atoms with Gasteiger partial charge in [-0.3, -0.25) is 0 Å². The van der Waals surface area contributed by atoms with Gasteiger partial charge in [-0.1, -0.05) is 23.7 Å². The third-order valence-corrected chi connectivity index (χ3v) is 2.14. The van der Waals surface area contributed by atoms with Gasteiger partial charge in [-0.15, -0.1) is 0 Å². The van der Waals surface area contributed by atoms with Crippen LogP contribution in [0.5, 0.6) is 0 Å². The van der Waals surface area contributed by atoms with E-state index in [0.29, 0.717) is 5.02 Å². The molecule has 0 spiro atoms. The Kier molecular flexibility index (Phi) is 4.01. The summed E-state index contributed by atoms with van der Waals surface area (Å²) in [6.07, 6.45) is 0.207. The Hall–Kier alpha value is -1.89. The summed E-state index contributed by atoms with van der Waals surface area (Å²) in [7, 11) is 0. The Morgan fingerprint density at radius 3 is 2.06 bits per heavy atom. The minimum Gasteiger partial charge on any atom is -0.230 e. The summed E-state index contributed by atoms with van der Waals surface area (Å²) < 4.78 is 0. The highest BCUT2D eigenvalue weighted by Crippen LogP contribution is 2.10. The van der Waals surface area contributed by atoms with Crippen LogP contribution in [0.2, 0.25) is 5.02 Å². The molecule has 7 nitrogen and oxygen atoms in total. The topological polar surface area (TPSA) is 89.5 Å². The van der Waals surface area contributed by atoms with Crippen molar-refractivity contribution in [1.29, 1.82) is 0 Å². The zero-order valence-electron chi connectivity index (χ0n) is 8.08. The molecule has 0 heterocycles. The molecule has 1 aromatic carbocycles. The van der Waals surface area contributed by atoms with E-state index in [4.69, 9.17) is 11.6 Å². The maximum absolute atomic E-state index is 10.3. The first kappa shape index (κ1) is 12.2. The second-order valence-electron chi connectivity index (χ2n) is 2.95. The zero-order chi connectivity index (χ0) is 12.1. The highest BCUT2D eigenvalue weighted by molar-refractivity contribution is 6.30. The Bertz CT molecular complexity index is 381. The lowest BCUT2D eigenvalue weighted by Gasteiger charge is -2.03. The van der Waals surface area contributed by atoms with Crippen LogP contribution in [-0.4, -0.2) is 21.7 Å². The number of benzene rings is 1. The molecule has 0 aliphatic heterocycles. The normalized spacial score (nSPS) is 9.81. The average Bonchev–Trinajstić information content (AvgIpc) is 2.20. The molecule has 0 fully saturated rings. The fraction of sp³-hybridized carbons (Fsp3) is 0.250. The van der Waals surface area contributed by atoms with Gasteiger partial charge in [0.1, 0.15) is 0 Å². The first-order chi connectivity index (χ1) is 7.50. The molecule has 0 bridgehead atoms. The molecule has 0 N–H and O–H groups in total. The number of rotatable bonds is 5. The molecule has 0 aliphatic carbocycles. The van der Waals surface area contributed by atoms with Crippen molar-refractivity contribution >= 4 is 11.6 Å². The van der Waals surface area contributed by atoms with E-state index in [0.717, 1.165) is 5.56 Å². The van der Waals surface area contributed by atoms with Gasteiger partial charge in [-0.05, 0) is 17.7 Å². The lowest BCUT2D eigenvalue weighted by molar-refractivity contribution is -0.907. The Labute approximate surface area is 95.5 Å². The van der Waals surface area contributed by atoms with Gasteiger partial charge in [0, 0.05) is 11.4 Å². The lowest BCUT2D eigenvalue weighted by atomic mass is 10.1. The maximum Gasteiger partial charge on any atom is 0.222 e. The van der Waals surface area contributed by atoms with Crippen LogP contribution >= 0.6 is 11.6 Å². The van der Waals surface area contributed by atoms with Crippen LogP contribution in [0.4, 0.5) is 0 Å². The van der Waals surface area contributed by atoms with Gasteiger partial charge < -0.3 is 0 Å². The first-order valence-corrected chi connectivity index (χ1v) is 4.69. The predicted molar refractivity (Wildman–Crippen MR) is 55.9 cm³/mol. The van der Waals surface area contributed by atoms with Crippen LogP contribution in [-0.2, 0) is 6.42 Å². The van der Waals surface area contributed by atoms with Crippen molar-refractivity contribution in [3.05, 3.63) is 55.1 Å². The van der Waals surface area contributed by atoms with E-state index >= 15 is 0 Å². The summed E-state index contributed by atoms with van der Waals surface area (Å²) in [6, 6.07) is 6.58. The molecule has 86 valence electrons. The van der Waals surface area contributed by atoms with Gasteiger partial charge in [-0.2, -0.15) is 0 Å². The summed E-state index contributed by atoms with van der Waals surface area (Å²) in [4.78, 5) is 20.6. The van der Waals surface area contributed by atoms with Crippen LogP contribution in [0.25, 0.3) is 0 Å². The van der Waals surface area contributed by atoms with Gasteiger partial charge in [0.05, 0.1) is 0 Å². The number of hydrazine groups is 2. The molecular formula is C8H8ClN3O4. The van der Waals surface area contributed by atoms with Crippen molar-refractivity contribution < 1.29 is 10.1 Å².